The summed E-state index contributed by atoms with van der Waals surface area (Å²) in [5.74, 6) is 0.671. The molecule has 0 bridgehead atoms. The third kappa shape index (κ3) is 11.9. The van der Waals surface area contributed by atoms with Crippen molar-refractivity contribution in [2.75, 3.05) is 53.6 Å². The molecule has 0 aliphatic carbocycles. The van der Waals surface area contributed by atoms with E-state index >= 15 is 0 Å². The van der Waals surface area contributed by atoms with Crippen LogP contribution in [0.3, 0.4) is 0 Å². The molecule has 0 unspecified atom stereocenters. The molecule has 0 atom stereocenters. The maximum Gasteiger partial charge on any atom is 0.0474 e. The molecule has 4 nitrogen and oxygen atoms in total. The number of methoxy groups -OCH3 is 2. The maximum absolute atomic E-state index is 4.99. The van der Waals surface area contributed by atoms with Crippen molar-refractivity contribution in [3.8, 4) is 0 Å². The van der Waals surface area contributed by atoms with Crippen LogP contribution in [0.25, 0.3) is 0 Å². The van der Waals surface area contributed by atoms with E-state index in [1.54, 1.807) is 14.2 Å². The molecule has 0 aliphatic rings. The van der Waals surface area contributed by atoms with Crippen LogP contribution in [-0.4, -0.2) is 53.6 Å². The molecule has 0 aliphatic heterocycles. The van der Waals surface area contributed by atoms with E-state index < -0.39 is 0 Å². The third-order valence-corrected chi connectivity index (χ3v) is 2.39. The Balaban J connectivity index is 3.09. The first-order valence-corrected chi connectivity index (χ1v) is 6.20. The summed E-state index contributed by atoms with van der Waals surface area (Å²) in [6.45, 7) is 8.17. The highest BCUT2D eigenvalue weighted by Crippen LogP contribution is 1.90. The van der Waals surface area contributed by atoms with Gasteiger partial charge in [0, 0.05) is 27.4 Å². The monoisotopic (exact) mass is 232 g/mol. The lowest BCUT2D eigenvalue weighted by molar-refractivity contribution is 0.193. The van der Waals surface area contributed by atoms with Crippen molar-refractivity contribution in [3.05, 3.63) is 0 Å². The van der Waals surface area contributed by atoms with Crippen LogP contribution in [0.2, 0.25) is 0 Å². The van der Waals surface area contributed by atoms with E-state index in [-0.39, 0.29) is 0 Å². The zero-order chi connectivity index (χ0) is 12.1. The largest absolute Gasteiger partial charge is 0.385 e. The van der Waals surface area contributed by atoms with Gasteiger partial charge in [0.05, 0.1) is 0 Å². The molecule has 0 aromatic rings. The number of ether oxygens (including phenoxy) is 2. The minimum atomic E-state index is 0.671. The Morgan fingerprint density at radius 1 is 0.875 bits per heavy atom. The molecule has 0 amide bonds. The molecule has 98 valence electrons. The smallest absolute Gasteiger partial charge is 0.0474 e. The maximum atomic E-state index is 4.99. The fraction of sp³-hybridized carbons (Fsp3) is 1.00. The van der Waals surface area contributed by atoms with Gasteiger partial charge in [-0.3, -0.25) is 0 Å². The molecule has 16 heavy (non-hydrogen) atoms. The van der Waals surface area contributed by atoms with Gasteiger partial charge >= 0.3 is 0 Å². The number of hydrogen-bond acceptors (Lipinski definition) is 4. The SMILES string of the molecule is COCCCNCC(C)CNCCCOC. The Morgan fingerprint density at radius 3 is 1.69 bits per heavy atom. The van der Waals surface area contributed by atoms with Crippen molar-refractivity contribution in [3.63, 3.8) is 0 Å². The molecular weight excluding hydrogens is 204 g/mol. The summed E-state index contributed by atoms with van der Waals surface area (Å²) in [5, 5.41) is 6.85. The Labute approximate surface area is 100 Å². The number of hydrogen-bond donors (Lipinski definition) is 2. The topological polar surface area (TPSA) is 42.5 Å². The lowest BCUT2D eigenvalue weighted by Gasteiger charge is -2.13. The van der Waals surface area contributed by atoms with Gasteiger partial charge < -0.3 is 20.1 Å². The van der Waals surface area contributed by atoms with E-state index in [2.05, 4.69) is 17.6 Å². The van der Waals surface area contributed by atoms with Crippen LogP contribution < -0.4 is 10.6 Å². The van der Waals surface area contributed by atoms with Crippen molar-refractivity contribution < 1.29 is 9.47 Å². The van der Waals surface area contributed by atoms with E-state index in [9.17, 15) is 0 Å². The lowest BCUT2D eigenvalue weighted by Crippen LogP contribution is -2.31. The summed E-state index contributed by atoms with van der Waals surface area (Å²) in [6, 6.07) is 0. The van der Waals surface area contributed by atoms with Crippen molar-refractivity contribution in [2.45, 2.75) is 19.8 Å². The molecule has 0 spiro atoms. The summed E-state index contributed by atoms with van der Waals surface area (Å²) < 4.78 is 9.97. The van der Waals surface area contributed by atoms with E-state index in [0.29, 0.717) is 5.92 Å². The zero-order valence-corrected chi connectivity index (χ0v) is 11.1. The molecule has 0 saturated carbocycles. The standard InChI is InChI=1S/C12H28N2O2/c1-12(10-13-6-4-8-15-2)11-14-7-5-9-16-3/h12-14H,4-11H2,1-3H3. The van der Waals surface area contributed by atoms with Gasteiger partial charge in [-0.25, -0.2) is 0 Å². The van der Waals surface area contributed by atoms with Gasteiger partial charge in [-0.05, 0) is 44.9 Å². The Kier molecular flexibility index (Phi) is 12.8. The van der Waals surface area contributed by atoms with E-state index in [1.165, 1.54) is 0 Å². The van der Waals surface area contributed by atoms with Gasteiger partial charge in [0.25, 0.3) is 0 Å². The number of nitrogens with one attached hydrogen (secondary N) is 2. The second kappa shape index (κ2) is 12.9. The second-order valence-electron chi connectivity index (χ2n) is 4.21. The van der Waals surface area contributed by atoms with Gasteiger partial charge in [0.1, 0.15) is 0 Å². The van der Waals surface area contributed by atoms with Crippen LogP contribution in [0.1, 0.15) is 19.8 Å². The van der Waals surface area contributed by atoms with Gasteiger partial charge in [-0.1, -0.05) is 6.92 Å². The van der Waals surface area contributed by atoms with Crippen LogP contribution in [0.15, 0.2) is 0 Å². The van der Waals surface area contributed by atoms with Crippen LogP contribution >= 0.6 is 0 Å². The van der Waals surface area contributed by atoms with Crippen molar-refractivity contribution in [1.82, 2.24) is 10.6 Å². The van der Waals surface area contributed by atoms with E-state index in [1.807, 2.05) is 0 Å². The van der Waals surface area contributed by atoms with E-state index in [0.717, 1.165) is 52.2 Å². The Bertz CT molecular complexity index is 120. The first-order valence-electron chi connectivity index (χ1n) is 6.20. The third-order valence-electron chi connectivity index (χ3n) is 2.39. The lowest BCUT2D eigenvalue weighted by atomic mass is 10.2. The first-order chi connectivity index (χ1) is 7.81. The molecule has 0 rings (SSSR count). The summed E-state index contributed by atoms with van der Waals surface area (Å²) in [7, 11) is 3.49. The van der Waals surface area contributed by atoms with Crippen LogP contribution in [-0.2, 0) is 9.47 Å². The quantitative estimate of drug-likeness (QED) is 0.490. The predicted octanol–water partition coefficient (Wildman–Crippen LogP) is 0.875. The second-order valence-corrected chi connectivity index (χ2v) is 4.21. The minimum absolute atomic E-state index is 0.671. The Morgan fingerprint density at radius 2 is 1.31 bits per heavy atom. The van der Waals surface area contributed by atoms with Crippen molar-refractivity contribution >= 4 is 0 Å². The van der Waals surface area contributed by atoms with Crippen LogP contribution in [0, 0.1) is 5.92 Å². The molecule has 0 heterocycles. The van der Waals surface area contributed by atoms with Gasteiger partial charge in [-0.15, -0.1) is 0 Å². The Hall–Kier alpha value is -0.160. The van der Waals surface area contributed by atoms with Crippen LogP contribution in [0.5, 0.6) is 0 Å². The van der Waals surface area contributed by atoms with Gasteiger partial charge in [-0.2, -0.15) is 0 Å². The highest BCUT2D eigenvalue weighted by Gasteiger charge is 2.00. The summed E-state index contributed by atoms with van der Waals surface area (Å²) in [5.41, 5.74) is 0. The predicted molar refractivity (Wildman–Crippen MR) is 67.9 cm³/mol. The fourth-order valence-electron chi connectivity index (χ4n) is 1.45. The molecule has 0 saturated heterocycles. The first kappa shape index (κ1) is 15.8. The number of rotatable bonds is 12. The fourth-order valence-corrected chi connectivity index (χ4v) is 1.45. The minimum Gasteiger partial charge on any atom is -0.385 e. The summed E-state index contributed by atoms with van der Waals surface area (Å²) in [6.07, 6.45) is 2.18. The molecule has 2 N–H and O–H groups in total. The van der Waals surface area contributed by atoms with Gasteiger partial charge in [0.2, 0.25) is 0 Å². The summed E-state index contributed by atoms with van der Waals surface area (Å²) in [4.78, 5) is 0. The van der Waals surface area contributed by atoms with Gasteiger partial charge in [0.15, 0.2) is 0 Å². The van der Waals surface area contributed by atoms with Crippen molar-refractivity contribution in [2.24, 2.45) is 5.92 Å². The average Bonchev–Trinajstić information content (AvgIpc) is 2.28. The molecular formula is C12H28N2O2. The highest BCUT2D eigenvalue weighted by atomic mass is 16.5. The average molecular weight is 232 g/mol. The normalized spacial score (nSPS) is 11.2. The van der Waals surface area contributed by atoms with E-state index in [4.69, 9.17) is 9.47 Å². The zero-order valence-electron chi connectivity index (χ0n) is 11.1. The van der Waals surface area contributed by atoms with Crippen LogP contribution in [0.4, 0.5) is 0 Å². The molecule has 0 fully saturated rings. The molecule has 0 aromatic carbocycles. The highest BCUT2D eigenvalue weighted by molar-refractivity contribution is 4.60. The molecule has 4 heteroatoms. The molecule has 0 radical (unpaired) electrons. The van der Waals surface area contributed by atoms with Crippen molar-refractivity contribution in [1.29, 1.82) is 0 Å². The summed E-state index contributed by atoms with van der Waals surface area (Å²) >= 11 is 0. The molecule has 0 aromatic heterocycles.